The van der Waals surface area contributed by atoms with Crippen LogP contribution < -0.4 is 4.74 Å². The lowest BCUT2D eigenvalue weighted by atomic mass is 10.2. The fourth-order valence-corrected chi connectivity index (χ4v) is 4.48. The van der Waals surface area contributed by atoms with Crippen LogP contribution in [0.15, 0.2) is 47.4 Å². The smallest absolute Gasteiger partial charge is 0.246 e. The standard InChI is InChI=1S/C19H22F2N2O3S/c1-15-3-2-4-17(13-15)26-12-11-22-7-9-23(10-8-22)27(24,25)19-6-5-16(20)14-18(19)21/h2-6,13-14H,7-12H2,1H3. The first-order valence-electron chi connectivity index (χ1n) is 8.73. The monoisotopic (exact) mass is 396 g/mol. The lowest BCUT2D eigenvalue weighted by molar-refractivity contribution is 0.158. The molecule has 2 aromatic carbocycles. The molecule has 8 heteroatoms. The Bertz CT molecular complexity index is 898. The largest absolute Gasteiger partial charge is 0.492 e. The number of ether oxygens (including phenoxy) is 1. The molecule has 0 spiro atoms. The average molecular weight is 396 g/mol. The summed E-state index contributed by atoms with van der Waals surface area (Å²) in [7, 11) is -3.97. The highest BCUT2D eigenvalue weighted by Crippen LogP contribution is 2.21. The van der Waals surface area contributed by atoms with E-state index in [2.05, 4.69) is 4.90 Å². The van der Waals surface area contributed by atoms with Gasteiger partial charge < -0.3 is 4.74 Å². The third-order valence-corrected chi connectivity index (χ3v) is 6.44. The van der Waals surface area contributed by atoms with E-state index in [9.17, 15) is 17.2 Å². The van der Waals surface area contributed by atoms with Crippen LogP contribution in [0.3, 0.4) is 0 Å². The van der Waals surface area contributed by atoms with Crippen LogP contribution in [0.25, 0.3) is 0 Å². The van der Waals surface area contributed by atoms with E-state index >= 15 is 0 Å². The zero-order valence-corrected chi connectivity index (χ0v) is 15.9. The molecule has 1 fully saturated rings. The van der Waals surface area contributed by atoms with Crippen molar-refractivity contribution in [1.29, 1.82) is 0 Å². The topological polar surface area (TPSA) is 49.9 Å². The van der Waals surface area contributed by atoms with Gasteiger partial charge in [0.15, 0.2) is 0 Å². The number of halogens is 2. The number of piperazine rings is 1. The van der Waals surface area contributed by atoms with Crippen LogP contribution in [-0.4, -0.2) is 57.0 Å². The summed E-state index contributed by atoms with van der Waals surface area (Å²) in [6.45, 7) is 4.73. The van der Waals surface area contributed by atoms with Crippen molar-refractivity contribution in [3.05, 3.63) is 59.7 Å². The Hall–Kier alpha value is -2.03. The Labute approximate surface area is 158 Å². The number of sulfonamides is 1. The van der Waals surface area contributed by atoms with Gasteiger partial charge in [0.25, 0.3) is 0 Å². The molecule has 1 saturated heterocycles. The fraction of sp³-hybridized carbons (Fsp3) is 0.368. The molecule has 27 heavy (non-hydrogen) atoms. The minimum absolute atomic E-state index is 0.254. The molecule has 0 atom stereocenters. The quantitative estimate of drug-likeness (QED) is 0.753. The predicted molar refractivity (Wildman–Crippen MR) is 98.2 cm³/mol. The van der Waals surface area contributed by atoms with Gasteiger partial charge in [0.05, 0.1) is 0 Å². The fourth-order valence-electron chi connectivity index (χ4n) is 3.01. The molecule has 0 saturated carbocycles. The van der Waals surface area contributed by atoms with E-state index in [0.717, 1.165) is 23.4 Å². The Morgan fingerprint density at radius 3 is 2.44 bits per heavy atom. The van der Waals surface area contributed by atoms with Gasteiger partial charge in [-0.25, -0.2) is 17.2 Å². The molecule has 0 aromatic heterocycles. The molecule has 1 aliphatic heterocycles. The number of rotatable bonds is 6. The van der Waals surface area contributed by atoms with Crippen LogP contribution >= 0.6 is 0 Å². The SMILES string of the molecule is Cc1cccc(OCCN2CCN(S(=O)(=O)c3ccc(F)cc3F)CC2)c1. The van der Waals surface area contributed by atoms with E-state index in [4.69, 9.17) is 4.74 Å². The Kier molecular flexibility index (Phi) is 6.08. The van der Waals surface area contributed by atoms with Crippen molar-refractivity contribution in [2.75, 3.05) is 39.3 Å². The first-order chi connectivity index (χ1) is 12.9. The summed E-state index contributed by atoms with van der Waals surface area (Å²) in [6.07, 6.45) is 0. The van der Waals surface area contributed by atoms with E-state index < -0.39 is 26.6 Å². The lowest BCUT2D eigenvalue weighted by Gasteiger charge is -2.33. The molecule has 0 radical (unpaired) electrons. The summed E-state index contributed by atoms with van der Waals surface area (Å²) < 4.78 is 59.0. The van der Waals surface area contributed by atoms with Gasteiger partial charge in [-0.05, 0) is 36.8 Å². The van der Waals surface area contributed by atoms with E-state index in [-0.39, 0.29) is 13.1 Å². The Balaban J connectivity index is 1.52. The maximum absolute atomic E-state index is 13.9. The van der Waals surface area contributed by atoms with Crippen molar-refractivity contribution < 1.29 is 21.9 Å². The molecule has 3 rings (SSSR count). The summed E-state index contributed by atoms with van der Waals surface area (Å²) in [5.74, 6) is -1.06. The Morgan fingerprint density at radius 2 is 1.78 bits per heavy atom. The van der Waals surface area contributed by atoms with E-state index in [1.165, 1.54) is 4.31 Å². The molecular weight excluding hydrogens is 374 g/mol. The van der Waals surface area contributed by atoms with Crippen molar-refractivity contribution in [3.8, 4) is 5.75 Å². The van der Waals surface area contributed by atoms with Crippen molar-refractivity contribution in [3.63, 3.8) is 0 Å². The zero-order valence-electron chi connectivity index (χ0n) is 15.1. The molecule has 0 bridgehead atoms. The zero-order chi connectivity index (χ0) is 19.4. The van der Waals surface area contributed by atoms with E-state index in [1.54, 1.807) is 0 Å². The maximum atomic E-state index is 13.9. The van der Waals surface area contributed by atoms with Crippen molar-refractivity contribution in [2.24, 2.45) is 0 Å². The van der Waals surface area contributed by atoms with Crippen LogP contribution in [0.5, 0.6) is 5.75 Å². The molecule has 0 aliphatic carbocycles. The van der Waals surface area contributed by atoms with Gasteiger partial charge in [0, 0.05) is 38.8 Å². The molecular formula is C19H22F2N2O3S. The minimum Gasteiger partial charge on any atom is -0.492 e. The molecule has 0 amide bonds. The average Bonchev–Trinajstić information content (AvgIpc) is 2.62. The van der Waals surface area contributed by atoms with Gasteiger partial charge in [0.1, 0.15) is 28.9 Å². The van der Waals surface area contributed by atoms with Crippen LogP contribution in [0, 0.1) is 18.6 Å². The van der Waals surface area contributed by atoms with Gasteiger partial charge in [-0.15, -0.1) is 0 Å². The number of nitrogens with zero attached hydrogens (tertiary/aromatic N) is 2. The Morgan fingerprint density at radius 1 is 1.04 bits per heavy atom. The summed E-state index contributed by atoms with van der Waals surface area (Å²) in [6, 6.07) is 10.3. The molecule has 1 heterocycles. The lowest BCUT2D eigenvalue weighted by Crippen LogP contribution is -2.49. The summed E-state index contributed by atoms with van der Waals surface area (Å²) >= 11 is 0. The first-order valence-corrected chi connectivity index (χ1v) is 10.2. The normalized spacial score (nSPS) is 16.4. The van der Waals surface area contributed by atoms with Crippen LogP contribution in [-0.2, 0) is 10.0 Å². The number of hydrogen-bond acceptors (Lipinski definition) is 4. The van der Waals surface area contributed by atoms with E-state index in [1.807, 2.05) is 31.2 Å². The number of aryl methyl sites for hydroxylation is 1. The second kappa shape index (κ2) is 8.33. The van der Waals surface area contributed by atoms with Crippen LogP contribution in [0.1, 0.15) is 5.56 Å². The molecule has 0 unspecified atom stereocenters. The van der Waals surface area contributed by atoms with Gasteiger partial charge in [-0.1, -0.05) is 12.1 Å². The third-order valence-electron chi connectivity index (χ3n) is 4.51. The van der Waals surface area contributed by atoms with Gasteiger partial charge in [-0.3, -0.25) is 4.90 Å². The van der Waals surface area contributed by atoms with Gasteiger partial charge >= 0.3 is 0 Å². The van der Waals surface area contributed by atoms with Crippen molar-refractivity contribution in [2.45, 2.75) is 11.8 Å². The van der Waals surface area contributed by atoms with Crippen LogP contribution in [0.4, 0.5) is 8.78 Å². The van der Waals surface area contributed by atoms with Gasteiger partial charge in [0.2, 0.25) is 10.0 Å². The predicted octanol–water partition coefficient (Wildman–Crippen LogP) is 2.66. The summed E-state index contributed by atoms with van der Waals surface area (Å²) in [5, 5.41) is 0. The third kappa shape index (κ3) is 4.82. The van der Waals surface area contributed by atoms with Crippen molar-refractivity contribution >= 4 is 10.0 Å². The number of benzene rings is 2. The van der Waals surface area contributed by atoms with Crippen molar-refractivity contribution in [1.82, 2.24) is 9.21 Å². The highest BCUT2D eigenvalue weighted by molar-refractivity contribution is 7.89. The second-order valence-corrected chi connectivity index (χ2v) is 8.39. The number of hydrogen-bond donors (Lipinski definition) is 0. The molecule has 146 valence electrons. The summed E-state index contributed by atoms with van der Waals surface area (Å²) in [4.78, 5) is 1.61. The molecule has 2 aromatic rings. The first kappa shape index (κ1) is 19.7. The maximum Gasteiger partial charge on any atom is 0.246 e. The molecule has 0 N–H and O–H groups in total. The second-order valence-electron chi connectivity index (χ2n) is 6.49. The minimum atomic E-state index is -3.97. The molecule has 1 aliphatic rings. The highest BCUT2D eigenvalue weighted by atomic mass is 32.2. The van der Waals surface area contributed by atoms with Gasteiger partial charge in [-0.2, -0.15) is 4.31 Å². The van der Waals surface area contributed by atoms with E-state index in [0.29, 0.717) is 32.3 Å². The van der Waals surface area contributed by atoms with Crippen LogP contribution in [0.2, 0.25) is 0 Å². The molecule has 5 nitrogen and oxygen atoms in total. The highest BCUT2D eigenvalue weighted by Gasteiger charge is 2.30. The summed E-state index contributed by atoms with van der Waals surface area (Å²) in [5.41, 5.74) is 1.12.